The lowest BCUT2D eigenvalue weighted by Crippen LogP contribution is -2.03. The maximum Gasteiger partial charge on any atom is 0.269 e. The van der Waals surface area contributed by atoms with Crippen LogP contribution >= 0.6 is 11.3 Å². The number of aliphatic hydroxyl groups excluding tert-OH is 1. The van der Waals surface area contributed by atoms with Gasteiger partial charge in [-0.05, 0) is 24.3 Å². The number of thiophene rings is 1. The van der Waals surface area contributed by atoms with Gasteiger partial charge in [-0.3, -0.25) is 10.1 Å². The summed E-state index contributed by atoms with van der Waals surface area (Å²) < 4.78 is 0. The lowest BCUT2D eigenvalue weighted by molar-refractivity contribution is -0.384. The van der Waals surface area contributed by atoms with E-state index in [1.807, 2.05) is 6.07 Å². The van der Waals surface area contributed by atoms with E-state index in [4.69, 9.17) is 5.11 Å². The number of aliphatic hydroxyl groups is 1. The van der Waals surface area contributed by atoms with Crippen molar-refractivity contribution in [3.63, 3.8) is 0 Å². The Bertz CT molecular complexity index is 609. The molecule has 0 aliphatic heterocycles. The number of nitrogens with one attached hydrogen (secondary N) is 1. The van der Waals surface area contributed by atoms with Crippen LogP contribution in [-0.2, 0) is 0 Å². The summed E-state index contributed by atoms with van der Waals surface area (Å²) in [7, 11) is 0. The summed E-state index contributed by atoms with van der Waals surface area (Å²) in [6.07, 6.45) is 0. The molecule has 20 heavy (non-hydrogen) atoms. The largest absolute Gasteiger partial charge is 0.395 e. The van der Waals surface area contributed by atoms with Gasteiger partial charge >= 0.3 is 0 Å². The first-order valence-electron chi connectivity index (χ1n) is 5.80. The summed E-state index contributed by atoms with van der Waals surface area (Å²) in [5.41, 5.74) is 0.574. The summed E-state index contributed by atoms with van der Waals surface area (Å²) in [6, 6.07) is 9.51. The van der Waals surface area contributed by atoms with Crippen LogP contribution in [0, 0.1) is 10.1 Å². The monoisotopic (exact) mass is 292 g/mol. The molecule has 1 heterocycles. The van der Waals surface area contributed by atoms with Crippen molar-refractivity contribution >= 4 is 32.7 Å². The normalized spacial score (nSPS) is 10.8. The minimum absolute atomic E-state index is 0.0237. The average Bonchev–Trinajstić information content (AvgIpc) is 2.91. The fourth-order valence-electron chi connectivity index (χ4n) is 1.40. The number of nitro benzene ring substituents is 1. The van der Waals surface area contributed by atoms with Crippen molar-refractivity contribution in [3.8, 4) is 0 Å². The number of hydrogen-bond acceptors (Lipinski definition) is 7. The third-order valence-electron chi connectivity index (χ3n) is 2.33. The van der Waals surface area contributed by atoms with E-state index in [1.165, 1.54) is 23.5 Å². The molecule has 7 nitrogen and oxygen atoms in total. The Labute approximate surface area is 118 Å². The lowest BCUT2D eigenvalue weighted by atomic mass is 10.3. The number of rotatable bonds is 6. The quantitative estimate of drug-likeness (QED) is 0.483. The first kappa shape index (κ1) is 14.1. The molecule has 0 saturated carbocycles. The molecule has 0 bridgehead atoms. The van der Waals surface area contributed by atoms with Gasteiger partial charge in [-0.2, -0.15) is 0 Å². The van der Waals surface area contributed by atoms with Crippen LogP contribution in [-0.4, -0.2) is 23.2 Å². The van der Waals surface area contributed by atoms with Crippen molar-refractivity contribution in [2.45, 2.75) is 0 Å². The Morgan fingerprint density at radius 1 is 1.20 bits per heavy atom. The average molecular weight is 292 g/mol. The number of nitro groups is 1. The van der Waals surface area contributed by atoms with Gasteiger partial charge in [0.25, 0.3) is 5.69 Å². The molecule has 2 N–H and O–H groups in total. The van der Waals surface area contributed by atoms with Crippen molar-refractivity contribution in [1.29, 1.82) is 0 Å². The lowest BCUT2D eigenvalue weighted by Gasteiger charge is -1.97. The Morgan fingerprint density at radius 3 is 2.60 bits per heavy atom. The van der Waals surface area contributed by atoms with E-state index < -0.39 is 4.92 Å². The van der Waals surface area contributed by atoms with Crippen molar-refractivity contribution in [2.24, 2.45) is 10.2 Å². The van der Waals surface area contributed by atoms with Gasteiger partial charge in [-0.1, -0.05) is 11.3 Å². The Hall–Kier alpha value is -2.32. The molecule has 8 heteroatoms. The van der Waals surface area contributed by atoms with Crippen LogP contribution in [0.2, 0.25) is 0 Å². The van der Waals surface area contributed by atoms with E-state index in [0.717, 1.165) is 5.00 Å². The van der Waals surface area contributed by atoms with Crippen LogP contribution < -0.4 is 5.32 Å². The molecule has 2 aromatic rings. The number of nitrogens with zero attached hydrogens (tertiary/aromatic N) is 3. The van der Waals surface area contributed by atoms with E-state index in [-0.39, 0.29) is 12.3 Å². The Balaban J connectivity index is 2.01. The van der Waals surface area contributed by atoms with E-state index in [1.54, 1.807) is 18.2 Å². The number of non-ortho nitro benzene ring substituents is 1. The van der Waals surface area contributed by atoms with Gasteiger partial charge in [0.1, 0.15) is 5.00 Å². The van der Waals surface area contributed by atoms with E-state index in [9.17, 15) is 10.1 Å². The highest BCUT2D eigenvalue weighted by Gasteiger charge is 2.03. The standard InChI is InChI=1S/C12H12N4O3S/c17-8-7-13-11-5-6-12(20-11)15-14-9-1-3-10(4-2-9)16(18)19/h1-6,13,17H,7-8H2. The maximum atomic E-state index is 10.5. The Kier molecular flexibility index (Phi) is 4.75. The number of azo groups is 1. The molecule has 0 fully saturated rings. The van der Waals surface area contributed by atoms with Crippen molar-refractivity contribution in [1.82, 2.24) is 0 Å². The smallest absolute Gasteiger partial charge is 0.269 e. The second-order valence-electron chi connectivity index (χ2n) is 3.76. The van der Waals surface area contributed by atoms with E-state index >= 15 is 0 Å². The predicted molar refractivity (Wildman–Crippen MR) is 77.2 cm³/mol. The summed E-state index contributed by atoms with van der Waals surface area (Å²) >= 11 is 1.41. The summed E-state index contributed by atoms with van der Waals surface area (Å²) in [6.45, 7) is 0.553. The minimum atomic E-state index is -0.459. The number of anilines is 1. The number of hydrogen-bond donors (Lipinski definition) is 2. The third-order valence-corrected chi connectivity index (χ3v) is 3.25. The molecule has 0 unspecified atom stereocenters. The summed E-state index contributed by atoms with van der Waals surface area (Å²) in [5.74, 6) is 0. The molecule has 0 saturated heterocycles. The van der Waals surface area contributed by atoms with Gasteiger partial charge in [0, 0.05) is 18.7 Å². The second kappa shape index (κ2) is 6.73. The van der Waals surface area contributed by atoms with Crippen molar-refractivity contribution < 1.29 is 10.0 Å². The topological polar surface area (TPSA) is 100 Å². The highest BCUT2D eigenvalue weighted by atomic mass is 32.1. The van der Waals surface area contributed by atoms with Crippen LogP contribution in [0.3, 0.4) is 0 Å². The van der Waals surface area contributed by atoms with Gasteiger partial charge < -0.3 is 10.4 Å². The first-order chi connectivity index (χ1) is 9.69. The van der Waals surface area contributed by atoms with Crippen LogP contribution in [0.1, 0.15) is 0 Å². The summed E-state index contributed by atoms with van der Waals surface area (Å²) in [4.78, 5) is 10.1. The molecule has 0 aliphatic rings. The van der Waals surface area contributed by atoms with E-state index in [2.05, 4.69) is 15.5 Å². The van der Waals surface area contributed by atoms with Gasteiger partial charge in [0.05, 0.1) is 22.2 Å². The fraction of sp³-hybridized carbons (Fsp3) is 0.167. The highest BCUT2D eigenvalue weighted by molar-refractivity contribution is 7.19. The molecule has 104 valence electrons. The van der Waals surface area contributed by atoms with Gasteiger partial charge in [-0.15, -0.1) is 10.2 Å². The molecular weight excluding hydrogens is 280 g/mol. The fourth-order valence-corrected chi connectivity index (χ4v) is 2.16. The molecule has 0 spiro atoms. The molecular formula is C12H12N4O3S. The predicted octanol–water partition coefficient (Wildman–Crippen LogP) is 3.48. The second-order valence-corrected chi connectivity index (χ2v) is 4.82. The molecule has 0 radical (unpaired) electrons. The zero-order chi connectivity index (χ0) is 14.4. The van der Waals surface area contributed by atoms with Crippen LogP contribution in [0.5, 0.6) is 0 Å². The Morgan fingerprint density at radius 2 is 1.95 bits per heavy atom. The molecule has 0 aliphatic carbocycles. The molecule has 1 aromatic carbocycles. The van der Waals surface area contributed by atoms with Gasteiger partial charge in [-0.25, -0.2) is 0 Å². The van der Waals surface area contributed by atoms with Crippen molar-refractivity contribution in [2.75, 3.05) is 18.5 Å². The third kappa shape index (κ3) is 3.84. The highest BCUT2D eigenvalue weighted by Crippen LogP contribution is 2.30. The number of benzene rings is 1. The first-order valence-corrected chi connectivity index (χ1v) is 6.61. The zero-order valence-electron chi connectivity index (χ0n) is 10.4. The molecule has 1 aromatic heterocycles. The van der Waals surface area contributed by atoms with E-state index in [0.29, 0.717) is 17.2 Å². The van der Waals surface area contributed by atoms with Crippen LogP contribution in [0.4, 0.5) is 21.4 Å². The van der Waals surface area contributed by atoms with Crippen LogP contribution in [0.25, 0.3) is 0 Å². The van der Waals surface area contributed by atoms with Crippen LogP contribution in [0.15, 0.2) is 46.6 Å². The molecule has 2 rings (SSSR count). The summed E-state index contributed by atoms with van der Waals surface area (Å²) in [5, 5.41) is 31.9. The van der Waals surface area contributed by atoms with Gasteiger partial charge in [0.2, 0.25) is 0 Å². The minimum Gasteiger partial charge on any atom is -0.395 e. The maximum absolute atomic E-state index is 10.5. The zero-order valence-corrected chi connectivity index (χ0v) is 11.2. The van der Waals surface area contributed by atoms with Gasteiger partial charge in [0.15, 0.2) is 0 Å². The molecule has 0 amide bonds. The SMILES string of the molecule is O=[N+]([O-])c1ccc(N=Nc2ccc(NCCO)s2)cc1. The van der Waals surface area contributed by atoms with Crippen molar-refractivity contribution in [3.05, 3.63) is 46.5 Å². The molecule has 0 atom stereocenters.